The molecule has 0 heterocycles. The van der Waals surface area contributed by atoms with E-state index >= 15 is 0 Å². The maximum absolute atomic E-state index is 11.6. The third kappa shape index (κ3) is 4.86. The Morgan fingerprint density at radius 3 is 2.56 bits per heavy atom. The molecule has 0 unspecified atom stereocenters. The lowest BCUT2D eigenvalue weighted by atomic mass is 10.2. The predicted octanol–water partition coefficient (Wildman–Crippen LogP) is 1.30. The molecule has 0 aliphatic carbocycles. The highest BCUT2D eigenvalue weighted by atomic mass is 16.5. The summed E-state index contributed by atoms with van der Waals surface area (Å²) in [5.74, 6) is 0.768. The van der Waals surface area contributed by atoms with Crippen LogP contribution in [0.3, 0.4) is 0 Å². The van der Waals surface area contributed by atoms with Gasteiger partial charge in [-0.1, -0.05) is 12.1 Å². The van der Waals surface area contributed by atoms with Gasteiger partial charge in [-0.05, 0) is 24.6 Å². The van der Waals surface area contributed by atoms with E-state index in [4.69, 9.17) is 4.74 Å². The average molecular weight is 249 g/mol. The minimum Gasteiger partial charge on any atom is -0.497 e. The minimum atomic E-state index is -0.0395. The first kappa shape index (κ1) is 14.0. The number of carbonyl (C=O) groups excluding carboxylic acids is 1. The number of methoxy groups -OCH3 is 1. The van der Waals surface area contributed by atoms with Crippen LogP contribution in [-0.4, -0.2) is 25.8 Å². The molecule has 18 heavy (non-hydrogen) atoms. The summed E-state index contributed by atoms with van der Waals surface area (Å²) in [4.78, 5) is 11.6. The third-order valence-corrected chi connectivity index (χ3v) is 2.37. The quantitative estimate of drug-likeness (QED) is 0.590. The van der Waals surface area contributed by atoms with Crippen LogP contribution in [0.25, 0.3) is 0 Å². The van der Waals surface area contributed by atoms with Crippen LogP contribution in [0.5, 0.6) is 5.75 Å². The molecule has 5 nitrogen and oxygen atoms in total. The zero-order chi connectivity index (χ0) is 13.4. The molecule has 2 N–H and O–H groups in total. The molecular formula is C13H19N3O2. The molecule has 0 radical (unpaired) electrons. The molecule has 0 spiro atoms. The van der Waals surface area contributed by atoms with Crippen molar-refractivity contribution in [2.45, 2.75) is 19.9 Å². The van der Waals surface area contributed by atoms with E-state index in [9.17, 15) is 4.79 Å². The standard InChI is InChI=1S/C13H19N3O2/c1-10(16-14-2)8-13(17)15-9-11-4-6-12(18-3)7-5-11/h4-7,14H,8-9H2,1-3H3,(H,15,17). The van der Waals surface area contributed by atoms with Gasteiger partial charge >= 0.3 is 0 Å². The number of nitrogens with zero attached hydrogens (tertiary/aromatic N) is 1. The third-order valence-electron chi connectivity index (χ3n) is 2.37. The van der Waals surface area contributed by atoms with Crippen LogP contribution in [-0.2, 0) is 11.3 Å². The molecule has 1 aromatic carbocycles. The summed E-state index contributed by atoms with van der Waals surface area (Å²) in [6.45, 7) is 2.32. The van der Waals surface area contributed by atoms with Gasteiger partial charge in [-0.3, -0.25) is 4.79 Å². The zero-order valence-corrected chi connectivity index (χ0v) is 11.0. The molecule has 0 aromatic heterocycles. The van der Waals surface area contributed by atoms with Crippen molar-refractivity contribution in [2.24, 2.45) is 5.10 Å². The fourth-order valence-corrected chi connectivity index (χ4v) is 1.47. The SMILES string of the molecule is CNN=C(C)CC(=O)NCc1ccc(OC)cc1. The monoisotopic (exact) mass is 249 g/mol. The van der Waals surface area contributed by atoms with Crippen LogP contribution in [0.1, 0.15) is 18.9 Å². The van der Waals surface area contributed by atoms with Gasteiger partial charge in [-0.15, -0.1) is 0 Å². The Morgan fingerprint density at radius 2 is 2.00 bits per heavy atom. The molecule has 0 atom stereocenters. The Hall–Kier alpha value is -2.04. The van der Waals surface area contributed by atoms with Crippen molar-refractivity contribution in [1.29, 1.82) is 0 Å². The van der Waals surface area contributed by atoms with Crippen molar-refractivity contribution in [1.82, 2.24) is 10.7 Å². The number of hydrogen-bond acceptors (Lipinski definition) is 4. The summed E-state index contributed by atoms with van der Waals surface area (Å²) in [6, 6.07) is 7.59. The normalized spacial score (nSPS) is 10.9. The minimum absolute atomic E-state index is 0.0395. The maximum Gasteiger partial charge on any atom is 0.225 e. The summed E-state index contributed by atoms with van der Waals surface area (Å²) in [5, 5.41) is 6.77. The lowest BCUT2D eigenvalue weighted by Crippen LogP contribution is -2.25. The second kappa shape index (κ2) is 7.32. The van der Waals surface area contributed by atoms with Gasteiger partial charge < -0.3 is 15.5 Å². The van der Waals surface area contributed by atoms with Crippen LogP contribution < -0.4 is 15.5 Å². The predicted molar refractivity (Wildman–Crippen MR) is 71.6 cm³/mol. The molecule has 0 saturated carbocycles. The van der Waals surface area contributed by atoms with Crippen LogP contribution in [0.15, 0.2) is 29.4 Å². The fraction of sp³-hybridized carbons (Fsp3) is 0.385. The largest absolute Gasteiger partial charge is 0.497 e. The number of benzene rings is 1. The highest BCUT2D eigenvalue weighted by Crippen LogP contribution is 2.10. The first-order valence-corrected chi connectivity index (χ1v) is 5.75. The number of rotatable bonds is 6. The second-order valence-electron chi connectivity index (χ2n) is 3.87. The summed E-state index contributed by atoms with van der Waals surface area (Å²) in [6.07, 6.45) is 0.303. The summed E-state index contributed by atoms with van der Waals surface area (Å²) in [5.41, 5.74) is 4.44. The highest BCUT2D eigenvalue weighted by molar-refractivity contribution is 5.99. The molecule has 0 saturated heterocycles. The molecule has 0 bridgehead atoms. The Labute approximate surface area is 107 Å². The summed E-state index contributed by atoms with van der Waals surface area (Å²) < 4.78 is 5.06. The lowest BCUT2D eigenvalue weighted by Gasteiger charge is -2.06. The fourth-order valence-electron chi connectivity index (χ4n) is 1.47. The molecule has 1 aromatic rings. The van der Waals surface area contributed by atoms with Crippen LogP contribution in [0.2, 0.25) is 0 Å². The molecule has 0 aliphatic heterocycles. The van der Waals surface area contributed by atoms with Crippen molar-refractivity contribution in [3.05, 3.63) is 29.8 Å². The lowest BCUT2D eigenvalue weighted by molar-refractivity contribution is -0.120. The van der Waals surface area contributed by atoms with E-state index in [1.807, 2.05) is 31.2 Å². The van der Waals surface area contributed by atoms with Crippen LogP contribution in [0, 0.1) is 0 Å². The van der Waals surface area contributed by atoms with Crippen LogP contribution >= 0.6 is 0 Å². The number of hydrogen-bond donors (Lipinski definition) is 2. The van der Waals surface area contributed by atoms with E-state index in [1.54, 1.807) is 14.2 Å². The van der Waals surface area contributed by atoms with Crippen molar-refractivity contribution >= 4 is 11.6 Å². The van der Waals surface area contributed by atoms with E-state index < -0.39 is 0 Å². The first-order valence-electron chi connectivity index (χ1n) is 5.75. The van der Waals surface area contributed by atoms with Crippen molar-refractivity contribution < 1.29 is 9.53 Å². The van der Waals surface area contributed by atoms with Crippen LogP contribution in [0.4, 0.5) is 0 Å². The Morgan fingerprint density at radius 1 is 1.33 bits per heavy atom. The number of carbonyl (C=O) groups is 1. The van der Waals surface area contributed by atoms with Crippen molar-refractivity contribution in [2.75, 3.05) is 14.2 Å². The molecule has 5 heteroatoms. The van der Waals surface area contributed by atoms with Gasteiger partial charge in [0.2, 0.25) is 5.91 Å². The Kier molecular flexibility index (Phi) is 5.70. The Bertz CT molecular complexity index is 413. The van der Waals surface area contributed by atoms with Gasteiger partial charge in [-0.25, -0.2) is 0 Å². The van der Waals surface area contributed by atoms with Gasteiger partial charge in [0.1, 0.15) is 5.75 Å². The maximum atomic E-state index is 11.6. The van der Waals surface area contributed by atoms with Gasteiger partial charge in [0.15, 0.2) is 0 Å². The first-order chi connectivity index (χ1) is 8.65. The summed E-state index contributed by atoms with van der Waals surface area (Å²) >= 11 is 0. The molecule has 0 aliphatic rings. The number of hydrazone groups is 1. The average Bonchev–Trinajstić information content (AvgIpc) is 2.37. The number of ether oxygens (including phenoxy) is 1. The van der Waals surface area contributed by atoms with Gasteiger partial charge in [-0.2, -0.15) is 5.10 Å². The van der Waals surface area contributed by atoms with E-state index in [2.05, 4.69) is 15.8 Å². The van der Waals surface area contributed by atoms with Crippen molar-refractivity contribution in [3.63, 3.8) is 0 Å². The number of nitrogens with one attached hydrogen (secondary N) is 2. The van der Waals surface area contributed by atoms with Gasteiger partial charge in [0, 0.05) is 19.3 Å². The molecular weight excluding hydrogens is 230 g/mol. The molecule has 1 rings (SSSR count). The Balaban J connectivity index is 2.40. The number of amides is 1. The van der Waals surface area contributed by atoms with E-state index in [0.717, 1.165) is 17.0 Å². The second-order valence-corrected chi connectivity index (χ2v) is 3.87. The van der Waals surface area contributed by atoms with E-state index in [1.165, 1.54) is 0 Å². The van der Waals surface area contributed by atoms with Gasteiger partial charge in [0.05, 0.1) is 13.5 Å². The molecule has 98 valence electrons. The molecule has 1 amide bonds. The zero-order valence-electron chi connectivity index (χ0n) is 11.0. The smallest absolute Gasteiger partial charge is 0.225 e. The highest BCUT2D eigenvalue weighted by Gasteiger charge is 2.03. The van der Waals surface area contributed by atoms with E-state index in [-0.39, 0.29) is 5.91 Å². The van der Waals surface area contributed by atoms with Crippen molar-refractivity contribution in [3.8, 4) is 5.75 Å². The van der Waals surface area contributed by atoms with E-state index in [0.29, 0.717) is 13.0 Å². The molecule has 0 fully saturated rings. The summed E-state index contributed by atoms with van der Waals surface area (Å²) in [7, 11) is 3.33. The topological polar surface area (TPSA) is 62.7 Å². The van der Waals surface area contributed by atoms with Gasteiger partial charge in [0.25, 0.3) is 0 Å².